The number of carbonyl (C=O) groups is 2. The van der Waals surface area contributed by atoms with Gasteiger partial charge >= 0.3 is 0 Å². The van der Waals surface area contributed by atoms with Crippen LogP contribution < -0.4 is 11.1 Å². The van der Waals surface area contributed by atoms with Crippen molar-refractivity contribution in [2.24, 2.45) is 23.5 Å². The van der Waals surface area contributed by atoms with Crippen LogP contribution in [0.2, 0.25) is 5.02 Å². The SMILES string of the molecule is NC1C2CCCC1CC(C(=O)Nc1ccc(Cl)cc1C(=O)N1CCCC1)C2. The molecular weight excluding hydrogens is 362 g/mol. The third-order valence-electron chi connectivity index (χ3n) is 6.65. The summed E-state index contributed by atoms with van der Waals surface area (Å²) in [7, 11) is 0. The number of nitrogens with two attached hydrogens (primary N) is 1. The number of halogens is 1. The first-order valence-electron chi connectivity index (χ1n) is 10.2. The van der Waals surface area contributed by atoms with Crippen LogP contribution in [0.5, 0.6) is 0 Å². The minimum Gasteiger partial charge on any atom is -0.339 e. The number of nitrogens with one attached hydrogen (secondary N) is 1. The summed E-state index contributed by atoms with van der Waals surface area (Å²) in [6, 6.07) is 5.39. The number of carbonyl (C=O) groups excluding carboxylic acids is 2. The van der Waals surface area contributed by atoms with Gasteiger partial charge in [0.05, 0.1) is 11.3 Å². The van der Waals surface area contributed by atoms with Gasteiger partial charge in [-0.2, -0.15) is 0 Å². The minimum absolute atomic E-state index is 0.0107. The van der Waals surface area contributed by atoms with Crippen LogP contribution in [0.3, 0.4) is 0 Å². The Labute approximate surface area is 165 Å². The second-order valence-corrected chi connectivity index (χ2v) is 8.81. The highest BCUT2D eigenvalue weighted by atomic mass is 35.5. The minimum atomic E-state index is -0.0483. The summed E-state index contributed by atoms with van der Waals surface area (Å²) in [5, 5.41) is 3.54. The molecule has 0 radical (unpaired) electrons. The van der Waals surface area contributed by atoms with E-state index in [-0.39, 0.29) is 23.8 Å². The molecule has 1 aromatic carbocycles. The van der Waals surface area contributed by atoms with Crippen LogP contribution in [0.4, 0.5) is 5.69 Å². The third kappa shape index (κ3) is 3.85. The number of rotatable bonds is 3. The first-order chi connectivity index (χ1) is 13.0. The highest BCUT2D eigenvalue weighted by molar-refractivity contribution is 6.31. The summed E-state index contributed by atoms with van der Waals surface area (Å²) in [6.07, 6.45) is 7.24. The summed E-state index contributed by atoms with van der Waals surface area (Å²) < 4.78 is 0. The smallest absolute Gasteiger partial charge is 0.256 e. The van der Waals surface area contributed by atoms with Crippen molar-refractivity contribution in [3.05, 3.63) is 28.8 Å². The monoisotopic (exact) mass is 389 g/mol. The standard InChI is InChI=1S/C21H28ClN3O2/c22-16-6-7-18(17(12-16)21(27)25-8-1-2-9-25)24-20(26)15-10-13-4-3-5-14(11-15)19(13)23/h6-7,12-15,19H,1-5,8-11,23H2,(H,24,26). The Morgan fingerprint density at radius 2 is 1.74 bits per heavy atom. The van der Waals surface area contributed by atoms with E-state index >= 15 is 0 Å². The van der Waals surface area contributed by atoms with Gasteiger partial charge in [0.25, 0.3) is 5.91 Å². The Morgan fingerprint density at radius 3 is 2.41 bits per heavy atom. The Bertz CT molecular complexity index is 718. The average Bonchev–Trinajstić information content (AvgIpc) is 3.17. The fraction of sp³-hybridized carbons (Fsp3) is 0.619. The summed E-state index contributed by atoms with van der Waals surface area (Å²) in [5.74, 6) is 0.836. The molecule has 1 saturated heterocycles. The first-order valence-corrected chi connectivity index (χ1v) is 10.6. The number of hydrogen-bond donors (Lipinski definition) is 2. The van der Waals surface area contributed by atoms with Crippen molar-refractivity contribution in [1.29, 1.82) is 0 Å². The van der Waals surface area contributed by atoms with Gasteiger partial charge in [0.1, 0.15) is 0 Å². The number of anilines is 1. The van der Waals surface area contributed by atoms with Crippen LogP contribution in [0.25, 0.3) is 0 Å². The van der Waals surface area contributed by atoms with Gasteiger partial charge in [-0.05, 0) is 68.6 Å². The largest absolute Gasteiger partial charge is 0.339 e. The van der Waals surface area contributed by atoms with Crippen LogP contribution in [0.1, 0.15) is 55.3 Å². The van der Waals surface area contributed by atoms with Crippen LogP contribution in [0, 0.1) is 17.8 Å². The number of benzene rings is 1. The van der Waals surface area contributed by atoms with E-state index in [2.05, 4.69) is 5.32 Å². The molecular formula is C21H28ClN3O2. The average molecular weight is 390 g/mol. The molecule has 1 aromatic rings. The van der Waals surface area contributed by atoms with Gasteiger partial charge in [-0.15, -0.1) is 0 Å². The molecule has 1 aliphatic heterocycles. The van der Waals surface area contributed by atoms with E-state index in [1.54, 1.807) is 18.2 Å². The molecule has 2 amide bonds. The maximum absolute atomic E-state index is 13.0. The molecule has 3 N–H and O–H groups in total. The normalized spacial score (nSPS) is 30.2. The van der Waals surface area contributed by atoms with E-state index < -0.39 is 0 Å². The molecule has 2 atom stereocenters. The van der Waals surface area contributed by atoms with Gasteiger partial charge < -0.3 is 16.0 Å². The molecule has 1 heterocycles. The van der Waals surface area contributed by atoms with Gasteiger partial charge in [0.15, 0.2) is 0 Å². The third-order valence-corrected chi connectivity index (χ3v) is 6.88. The van der Waals surface area contributed by atoms with Gasteiger partial charge in [-0.3, -0.25) is 9.59 Å². The van der Waals surface area contributed by atoms with Crippen molar-refractivity contribution in [2.75, 3.05) is 18.4 Å². The topological polar surface area (TPSA) is 75.4 Å². The second-order valence-electron chi connectivity index (χ2n) is 8.38. The van der Waals surface area contributed by atoms with Crippen LogP contribution in [-0.4, -0.2) is 35.8 Å². The zero-order chi connectivity index (χ0) is 19.0. The maximum Gasteiger partial charge on any atom is 0.256 e. The predicted octanol–water partition coefficient (Wildman–Crippen LogP) is 3.67. The molecule has 5 nitrogen and oxygen atoms in total. The quantitative estimate of drug-likeness (QED) is 0.828. The first kappa shape index (κ1) is 18.8. The molecule has 3 aliphatic rings. The lowest BCUT2D eigenvalue weighted by Gasteiger charge is -2.43. The van der Waals surface area contributed by atoms with E-state index in [9.17, 15) is 9.59 Å². The molecule has 2 unspecified atom stereocenters. The molecule has 2 aliphatic carbocycles. The molecule has 3 fully saturated rings. The van der Waals surface area contributed by atoms with Crippen molar-refractivity contribution in [3.8, 4) is 0 Å². The number of hydrogen-bond acceptors (Lipinski definition) is 3. The number of nitrogens with zero attached hydrogens (tertiary/aromatic N) is 1. The maximum atomic E-state index is 13.0. The van der Waals surface area contributed by atoms with E-state index in [0.29, 0.717) is 28.1 Å². The molecule has 146 valence electrons. The van der Waals surface area contributed by atoms with Gasteiger partial charge in [0.2, 0.25) is 5.91 Å². The molecule has 0 spiro atoms. The molecule has 27 heavy (non-hydrogen) atoms. The Hall–Kier alpha value is -1.59. The predicted molar refractivity (Wildman–Crippen MR) is 107 cm³/mol. The lowest BCUT2D eigenvalue weighted by atomic mass is 9.65. The summed E-state index contributed by atoms with van der Waals surface area (Å²) in [6.45, 7) is 1.53. The fourth-order valence-corrected chi connectivity index (χ4v) is 5.30. The molecule has 4 rings (SSSR count). The fourth-order valence-electron chi connectivity index (χ4n) is 5.13. The molecule has 6 heteroatoms. The van der Waals surface area contributed by atoms with E-state index in [1.807, 2.05) is 4.90 Å². The number of amides is 2. The summed E-state index contributed by atoms with van der Waals surface area (Å²) >= 11 is 6.14. The van der Waals surface area contributed by atoms with E-state index in [0.717, 1.165) is 51.6 Å². The highest BCUT2D eigenvalue weighted by Gasteiger charge is 2.40. The zero-order valence-electron chi connectivity index (χ0n) is 15.6. The van der Waals surface area contributed by atoms with Crippen molar-refractivity contribution in [2.45, 2.75) is 51.0 Å². The highest BCUT2D eigenvalue weighted by Crippen LogP contribution is 2.42. The Morgan fingerprint density at radius 1 is 1.07 bits per heavy atom. The lowest BCUT2D eigenvalue weighted by Crippen LogP contribution is -2.48. The van der Waals surface area contributed by atoms with Gasteiger partial charge in [-0.1, -0.05) is 18.0 Å². The van der Waals surface area contributed by atoms with Crippen LogP contribution in [0.15, 0.2) is 18.2 Å². The van der Waals surface area contributed by atoms with E-state index in [4.69, 9.17) is 17.3 Å². The zero-order valence-corrected chi connectivity index (χ0v) is 16.4. The lowest BCUT2D eigenvalue weighted by molar-refractivity contribution is -0.122. The van der Waals surface area contributed by atoms with E-state index in [1.165, 1.54) is 6.42 Å². The van der Waals surface area contributed by atoms with Gasteiger partial charge in [0, 0.05) is 30.1 Å². The van der Waals surface area contributed by atoms with Crippen LogP contribution in [-0.2, 0) is 4.79 Å². The second kappa shape index (κ2) is 7.80. The van der Waals surface area contributed by atoms with Crippen LogP contribution >= 0.6 is 11.6 Å². The van der Waals surface area contributed by atoms with Crippen molar-refractivity contribution >= 4 is 29.1 Å². The number of likely N-dealkylation sites (tertiary alicyclic amines) is 1. The Balaban J connectivity index is 1.50. The Kier molecular flexibility index (Phi) is 5.42. The molecule has 2 bridgehead atoms. The van der Waals surface area contributed by atoms with Gasteiger partial charge in [-0.25, -0.2) is 0 Å². The van der Waals surface area contributed by atoms with Crippen molar-refractivity contribution in [1.82, 2.24) is 4.90 Å². The summed E-state index contributed by atoms with van der Waals surface area (Å²) in [5.41, 5.74) is 7.41. The molecule has 2 saturated carbocycles. The number of fused-ring (bicyclic) bond motifs is 2. The van der Waals surface area contributed by atoms with Crippen molar-refractivity contribution < 1.29 is 9.59 Å². The summed E-state index contributed by atoms with van der Waals surface area (Å²) in [4.78, 5) is 27.7. The molecule has 0 aromatic heterocycles. The van der Waals surface area contributed by atoms with Crippen molar-refractivity contribution in [3.63, 3.8) is 0 Å².